The Hall–Kier alpha value is -1.86. The topological polar surface area (TPSA) is 38.3 Å². The second kappa shape index (κ2) is 8.89. The van der Waals surface area contributed by atoms with E-state index in [0.717, 1.165) is 29.0 Å². The van der Waals surface area contributed by atoms with E-state index >= 15 is 0 Å². The summed E-state index contributed by atoms with van der Waals surface area (Å²) >= 11 is 7.33. The van der Waals surface area contributed by atoms with Crippen molar-refractivity contribution in [2.24, 2.45) is 0 Å². The summed E-state index contributed by atoms with van der Waals surface area (Å²) in [6.45, 7) is 3.79. The van der Waals surface area contributed by atoms with Crippen LogP contribution in [0, 0.1) is 0 Å². The number of halogens is 4. The molecule has 2 aromatic rings. The van der Waals surface area contributed by atoms with E-state index in [1.165, 1.54) is 17.8 Å². The van der Waals surface area contributed by atoms with Crippen LogP contribution in [-0.2, 0) is 17.4 Å². The quantitative estimate of drug-likeness (QED) is 0.591. The molecule has 0 aromatic heterocycles. The van der Waals surface area contributed by atoms with E-state index in [1.54, 1.807) is 26.1 Å². The van der Waals surface area contributed by atoms with Crippen LogP contribution in [0.1, 0.15) is 25.0 Å². The van der Waals surface area contributed by atoms with Gasteiger partial charge < -0.3 is 10.1 Å². The van der Waals surface area contributed by atoms with Crippen LogP contribution in [0.2, 0.25) is 5.02 Å². The van der Waals surface area contributed by atoms with Gasteiger partial charge in [0.15, 0.2) is 0 Å². The molecule has 0 aliphatic rings. The Kier molecular flexibility index (Phi) is 7.06. The number of aryl methyl sites for hydroxylation is 1. The molecule has 3 nitrogen and oxygen atoms in total. The average Bonchev–Trinajstić information content (AvgIpc) is 2.62. The maximum Gasteiger partial charge on any atom is 0.416 e. The first kappa shape index (κ1) is 21.4. The van der Waals surface area contributed by atoms with Gasteiger partial charge >= 0.3 is 6.18 Å². The molecule has 0 saturated carbocycles. The highest BCUT2D eigenvalue weighted by Crippen LogP contribution is 2.38. The van der Waals surface area contributed by atoms with Crippen molar-refractivity contribution in [1.29, 1.82) is 0 Å². The zero-order valence-corrected chi connectivity index (χ0v) is 16.6. The number of alkyl halides is 3. The fourth-order valence-electron chi connectivity index (χ4n) is 2.33. The number of hydrogen-bond donors (Lipinski definition) is 1. The number of rotatable bonds is 6. The second-order valence-corrected chi connectivity index (χ2v) is 7.53. The molecule has 1 atom stereocenters. The number of benzene rings is 2. The Bertz CT molecular complexity index is 827. The first-order valence-electron chi connectivity index (χ1n) is 8.21. The van der Waals surface area contributed by atoms with Crippen LogP contribution in [0.3, 0.4) is 0 Å². The molecule has 1 amide bonds. The summed E-state index contributed by atoms with van der Waals surface area (Å²) in [5.41, 5.74) is 0.207. The van der Waals surface area contributed by atoms with Gasteiger partial charge in [0.25, 0.3) is 0 Å². The summed E-state index contributed by atoms with van der Waals surface area (Å²) < 4.78 is 43.9. The maximum atomic E-state index is 12.7. The average molecular weight is 418 g/mol. The highest BCUT2D eigenvalue weighted by atomic mass is 35.5. The molecule has 0 fully saturated rings. The molecule has 0 aliphatic heterocycles. The third-order valence-electron chi connectivity index (χ3n) is 3.83. The molecule has 1 unspecified atom stereocenters. The molecule has 0 spiro atoms. The predicted molar refractivity (Wildman–Crippen MR) is 102 cm³/mol. The lowest BCUT2D eigenvalue weighted by Crippen LogP contribution is -2.27. The van der Waals surface area contributed by atoms with Gasteiger partial charge in [0.1, 0.15) is 11.5 Å². The van der Waals surface area contributed by atoms with Gasteiger partial charge in [0, 0.05) is 11.9 Å². The summed E-state index contributed by atoms with van der Waals surface area (Å²) in [7, 11) is 1.58. The molecular formula is C19H19ClF3NO2S. The van der Waals surface area contributed by atoms with Crippen molar-refractivity contribution in [2.75, 3.05) is 7.05 Å². The summed E-state index contributed by atoms with van der Waals surface area (Å²) in [4.78, 5) is 12.6. The van der Waals surface area contributed by atoms with Crippen molar-refractivity contribution in [1.82, 2.24) is 5.32 Å². The molecule has 27 heavy (non-hydrogen) atoms. The van der Waals surface area contributed by atoms with Crippen molar-refractivity contribution >= 4 is 29.3 Å². The molecule has 2 rings (SSSR count). The fraction of sp³-hybridized carbons (Fsp3) is 0.316. The van der Waals surface area contributed by atoms with E-state index in [4.69, 9.17) is 16.3 Å². The van der Waals surface area contributed by atoms with Crippen LogP contribution < -0.4 is 10.1 Å². The maximum absolute atomic E-state index is 12.7. The van der Waals surface area contributed by atoms with E-state index in [2.05, 4.69) is 5.32 Å². The monoisotopic (exact) mass is 417 g/mol. The van der Waals surface area contributed by atoms with Gasteiger partial charge in [-0.05, 0) is 49.2 Å². The number of nitrogens with one attached hydrogen (secondary N) is 1. The van der Waals surface area contributed by atoms with Crippen LogP contribution in [0.4, 0.5) is 13.2 Å². The Morgan fingerprint density at radius 1 is 1.26 bits per heavy atom. The van der Waals surface area contributed by atoms with E-state index < -0.39 is 11.7 Å². The second-order valence-electron chi connectivity index (χ2n) is 5.74. The minimum atomic E-state index is -4.47. The molecule has 1 N–H and O–H groups in total. The summed E-state index contributed by atoms with van der Waals surface area (Å²) in [6, 6.07) is 8.30. The van der Waals surface area contributed by atoms with Gasteiger partial charge in [0.05, 0.1) is 15.8 Å². The van der Waals surface area contributed by atoms with Crippen LogP contribution in [0.5, 0.6) is 11.5 Å². The lowest BCUT2D eigenvalue weighted by Gasteiger charge is -2.15. The van der Waals surface area contributed by atoms with Gasteiger partial charge in [-0.1, -0.05) is 24.6 Å². The Labute approximate surface area is 165 Å². The third kappa shape index (κ3) is 5.56. The standard InChI is InChI=1S/C19H19ClF3NO2S/c1-4-12-5-7-14(10-17(12)27-11(2)18(25)24-3)26-16-8-6-13(9-15(16)20)19(21,22)23/h5-11H,4H2,1-3H3,(H,24,25). The molecule has 0 radical (unpaired) electrons. The lowest BCUT2D eigenvalue weighted by atomic mass is 10.1. The first-order valence-corrected chi connectivity index (χ1v) is 9.47. The van der Waals surface area contributed by atoms with Crippen LogP contribution in [0.25, 0.3) is 0 Å². The molecule has 0 bridgehead atoms. The largest absolute Gasteiger partial charge is 0.456 e. The predicted octanol–water partition coefficient (Wildman–Crippen LogP) is 5.94. The number of carbonyl (C=O) groups is 1. The van der Waals surface area contributed by atoms with Gasteiger partial charge in [-0.15, -0.1) is 11.8 Å². The Morgan fingerprint density at radius 3 is 2.52 bits per heavy atom. The minimum Gasteiger partial charge on any atom is -0.456 e. The summed E-state index contributed by atoms with van der Waals surface area (Å²) in [5.74, 6) is 0.462. The number of hydrogen-bond acceptors (Lipinski definition) is 3. The van der Waals surface area contributed by atoms with Gasteiger partial charge in [-0.2, -0.15) is 13.2 Å². The highest BCUT2D eigenvalue weighted by molar-refractivity contribution is 8.00. The van der Waals surface area contributed by atoms with Crippen molar-refractivity contribution in [3.05, 3.63) is 52.5 Å². The Morgan fingerprint density at radius 2 is 1.96 bits per heavy atom. The minimum absolute atomic E-state index is 0.0980. The number of thioether (sulfide) groups is 1. The van der Waals surface area contributed by atoms with Gasteiger partial charge in [0.2, 0.25) is 5.91 Å². The highest BCUT2D eigenvalue weighted by Gasteiger charge is 2.31. The summed E-state index contributed by atoms with van der Waals surface area (Å²) in [6.07, 6.45) is -3.70. The fourth-order valence-corrected chi connectivity index (χ4v) is 3.71. The zero-order valence-electron chi connectivity index (χ0n) is 15.0. The number of carbonyl (C=O) groups excluding carboxylic acids is 1. The van der Waals surface area contributed by atoms with E-state index in [-0.39, 0.29) is 21.9 Å². The molecule has 0 heterocycles. The van der Waals surface area contributed by atoms with Gasteiger partial charge in [-0.25, -0.2) is 0 Å². The molecule has 0 aliphatic carbocycles. The molecule has 2 aromatic carbocycles. The van der Waals surface area contributed by atoms with Crippen LogP contribution >= 0.6 is 23.4 Å². The Balaban J connectivity index is 2.27. The van der Waals surface area contributed by atoms with Crippen molar-refractivity contribution in [2.45, 2.75) is 36.6 Å². The van der Waals surface area contributed by atoms with Crippen molar-refractivity contribution in [3.8, 4) is 11.5 Å². The van der Waals surface area contributed by atoms with Crippen molar-refractivity contribution < 1.29 is 22.7 Å². The molecule has 8 heteroatoms. The summed E-state index contributed by atoms with van der Waals surface area (Å²) in [5, 5.41) is 2.17. The normalized spacial score (nSPS) is 12.6. The SMILES string of the molecule is CCc1ccc(Oc2ccc(C(F)(F)F)cc2Cl)cc1SC(C)C(=O)NC. The van der Waals surface area contributed by atoms with Gasteiger partial charge in [-0.3, -0.25) is 4.79 Å². The molecule has 146 valence electrons. The van der Waals surface area contributed by atoms with Crippen LogP contribution in [0.15, 0.2) is 41.3 Å². The lowest BCUT2D eigenvalue weighted by molar-refractivity contribution is -0.137. The third-order valence-corrected chi connectivity index (χ3v) is 5.32. The van der Waals surface area contributed by atoms with Crippen LogP contribution in [-0.4, -0.2) is 18.2 Å². The number of amides is 1. The molecule has 0 saturated heterocycles. The van der Waals surface area contributed by atoms with E-state index in [0.29, 0.717) is 5.75 Å². The smallest absolute Gasteiger partial charge is 0.416 e. The van der Waals surface area contributed by atoms with E-state index in [1.807, 2.05) is 13.0 Å². The van der Waals surface area contributed by atoms with E-state index in [9.17, 15) is 18.0 Å². The number of ether oxygens (including phenoxy) is 1. The molecular weight excluding hydrogens is 399 g/mol. The van der Waals surface area contributed by atoms with Crippen molar-refractivity contribution in [3.63, 3.8) is 0 Å². The zero-order chi connectivity index (χ0) is 20.2. The first-order chi connectivity index (χ1) is 12.7.